The first-order valence-corrected chi connectivity index (χ1v) is 6.80. The third-order valence-electron chi connectivity index (χ3n) is 3.23. The van der Waals surface area contributed by atoms with Gasteiger partial charge in [0, 0.05) is 21.5 Å². The molecule has 0 saturated heterocycles. The highest BCUT2D eigenvalue weighted by Gasteiger charge is 2.05. The van der Waals surface area contributed by atoms with Crippen LogP contribution in [0.5, 0.6) is 0 Å². The van der Waals surface area contributed by atoms with Gasteiger partial charge in [0.15, 0.2) is 0 Å². The molecule has 0 fully saturated rings. The minimum absolute atomic E-state index is 0. The molecule has 104 valence electrons. The van der Waals surface area contributed by atoms with Gasteiger partial charge < -0.3 is 10.2 Å². The summed E-state index contributed by atoms with van der Waals surface area (Å²) in [6, 6.07) is 7.82. The number of likely N-dealkylation sites (N-methyl/N-ethyl adjacent to an activating group) is 1. The van der Waals surface area contributed by atoms with Gasteiger partial charge >= 0.3 is 0 Å². The molecule has 0 aliphatic rings. The highest BCUT2D eigenvalue weighted by atomic mass is 16.1. The first-order chi connectivity index (χ1) is 8.71. The lowest BCUT2D eigenvalue weighted by Gasteiger charge is -2.17. The Morgan fingerprint density at radius 3 is 2.28 bits per heavy atom. The highest BCUT2D eigenvalue weighted by molar-refractivity contribution is 5.94. The summed E-state index contributed by atoms with van der Waals surface area (Å²) in [7, 11) is 0. The summed E-state index contributed by atoms with van der Waals surface area (Å²) in [4.78, 5) is 14.2. The average Bonchev–Trinajstić information content (AvgIpc) is 2.43. The summed E-state index contributed by atoms with van der Waals surface area (Å²) in [5, 5.41) is 2.95. The average molecular weight is 252 g/mol. The molecule has 0 saturated carbocycles. The van der Waals surface area contributed by atoms with E-state index in [2.05, 4.69) is 31.0 Å². The van der Waals surface area contributed by atoms with E-state index in [1.54, 1.807) is 0 Å². The van der Waals surface area contributed by atoms with Crippen LogP contribution in [0.1, 0.15) is 39.5 Å². The van der Waals surface area contributed by atoms with Crippen LogP contribution < -0.4 is 5.32 Å². The van der Waals surface area contributed by atoms with Gasteiger partial charge in [0.1, 0.15) is 0 Å². The third kappa shape index (κ3) is 4.49. The summed E-state index contributed by atoms with van der Waals surface area (Å²) in [5.41, 5.74) is 2.00. The third-order valence-corrected chi connectivity index (χ3v) is 3.23. The molecular weight excluding hydrogens is 224 g/mol. The van der Waals surface area contributed by atoms with Gasteiger partial charge in [-0.1, -0.05) is 32.9 Å². The first-order valence-electron chi connectivity index (χ1n) is 6.80. The van der Waals surface area contributed by atoms with Crippen molar-refractivity contribution in [1.82, 2.24) is 10.2 Å². The van der Waals surface area contributed by atoms with Gasteiger partial charge in [-0.2, -0.15) is 0 Å². The van der Waals surface area contributed by atoms with E-state index in [9.17, 15) is 4.79 Å². The van der Waals surface area contributed by atoms with Crippen molar-refractivity contribution in [2.75, 3.05) is 26.2 Å². The van der Waals surface area contributed by atoms with Crippen LogP contribution in [0.2, 0.25) is 0 Å². The molecule has 1 amide bonds. The van der Waals surface area contributed by atoms with Crippen LogP contribution in [0.25, 0.3) is 0 Å². The number of amides is 1. The summed E-state index contributed by atoms with van der Waals surface area (Å²) < 4.78 is 0. The Labute approximate surface area is 113 Å². The minimum atomic E-state index is 0. The fourth-order valence-electron chi connectivity index (χ4n) is 1.86. The monoisotopic (exact) mass is 252 g/mol. The van der Waals surface area contributed by atoms with E-state index in [1.807, 2.05) is 24.3 Å². The molecular formula is C15H28N2O. The number of hydrogen-bond acceptors (Lipinski definition) is 2. The lowest BCUT2D eigenvalue weighted by Crippen LogP contribution is -2.34. The van der Waals surface area contributed by atoms with Gasteiger partial charge in [-0.05, 0) is 37.2 Å². The summed E-state index contributed by atoms with van der Waals surface area (Å²) in [6.45, 7) is 10.0. The predicted molar refractivity (Wildman–Crippen MR) is 80.2 cm³/mol. The Hall–Kier alpha value is -1.35. The van der Waals surface area contributed by atoms with Crippen LogP contribution >= 0.6 is 0 Å². The van der Waals surface area contributed by atoms with Crippen molar-refractivity contribution in [3.63, 3.8) is 0 Å². The SMILES string of the molecule is CCc1ccc(C(=O)NCCN(CC)CC)cc1.[HH].[HH]. The molecule has 0 atom stereocenters. The smallest absolute Gasteiger partial charge is 0.251 e. The Morgan fingerprint density at radius 2 is 1.78 bits per heavy atom. The maximum atomic E-state index is 11.9. The molecule has 1 aromatic rings. The van der Waals surface area contributed by atoms with E-state index in [-0.39, 0.29) is 8.76 Å². The Kier molecular flexibility index (Phi) is 6.44. The standard InChI is InChI=1S/C15H24N2O.2H2/c1-4-13-7-9-14(10-8-13)15(18)16-11-12-17(5-2)6-3;;/h7-10H,4-6,11-12H2,1-3H3,(H,16,18);2*1H. The maximum Gasteiger partial charge on any atom is 0.251 e. The molecule has 1 N–H and O–H groups in total. The number of nitrogens with zero attached hydrogens (tertiary/aromatic N) is 1. The van der Waals surface area contributed by atoms with Gasteiger partial charge in [-0.25, -0.2) is 0 Å². The van der Waals surface area contributed by atoms with Gasteiger partial charge in [-0.3, -0.25) is 4.79 Å². The topological polar surface area (TPSA) is 32.3 Å². The zero-order valence-electron chi connectivity index (χ0n) is 11.7. The summed E-state index contributed by atoms with van der Waals surface area (Å²) >= 11 is 0. The van der Waals surface area contributed by atoms with E-state index in [4.69, 9.17) is 0 Å². The van der Waals surface area contributed by atoms with E-state index in [1.165, 1.54) is 5.56 Å². The largest absolute Gasteiger partial charge is 0.351 e. The predicted octanol–water partition coefficient (Wildman–Crippen LogP) is 2.81. The minimum Gasteiger partial charge on any atom is -0.351 e. The highest BCUT2D eigenvalue weighted by Crippen LogP contribution is 2.04. The second kappa shape index (κ2) is 7.88. The number of rotatable bonds is 7. The maximum absolute atomic E-state index is 11.9. The number of hydrogen-bond donors (Lipinski definition) is 1. The molecule has 18 heavy (non-hydrogen) atoms. The summed E-state index contributed by atoms with van der Waals surface area (Å²) in [5.74, 6) is 0.0183. The van der Waals surface area contributed by atoms with E-state index in [0.717, 1.165) is 31.6 Å². The Morgan fingerprint density at radius 1 is 1.17 bits per heavy atom. The first kappa shape index (κ1) is 14.7. The van der Waals surface area contributed by atoms with Crippen molar-refractivity contribution in [2.45, 2.75) is 27.2 Å². The molecule has 0 aliphatic carbocycles. The normalized spacial score (nSPS) is 10.7. The quantitative estimate of drug-likeness (QED) is 0.809. The number of nitrogens with one attached hydrogen (secondary N) is 1. The lowest BCUT2D eigenvalue weighted by molar-refractivity contribution is 0.0949. The van der Waals surface area contributed by atoms with Gasteiger partial charge in [-0.15, -0.1) is 0 Å². The lowest BCUT2D eigenvalue weighted by atomic mass is 10.1. The molecule has 0 aliphatic heterocycles. The number of benzene rings is 1. The number of aryl methyl sites for hydroxylation is 1. The zero-order chi connectivity index (χ0) is 13.4. The molecule has 0 aromatic heterocycles. The van der Waals surface area contributed by atoms with Gasteiger partial charge in [0.05, 0.1) is 0 Å². The van der Waals surface area contributed by atoms with Crippen LogP contribution in [0.3, 0.4) is 0 Å². The molecule has 1 aromatic carbocycles. The second-order valence-electron chi connectivity index (χ2n) is 4.33. The molecule has 0 spiro atoms. The Balaban J connectivity index is 0. The van der Waals surface area contributed by atoms with Crippen LogP contribution in [-0.4, -0.2) is 37.0 Å². The summed E-state index contributed by atoms with van der Waals surface area (Å²) in [6.07, 6.45) is 1.00. The van der Waals surface area contributed by atoms with Crippen molar-refractivity contribution < 1.29 is 7.65 Å². The van der Waals surface area contributed by atoms with Crippen molar-refractivity contribution in [3.8, 4) is 0 Å². The van der Waals surface area contributed by atoms with Crippen LogP contribution in [0, 0.1) is 0 Å². The molecule has 0 bridgehead atoms. The van der Waals surface area contributed by atoms with Gasteiger partial charge in [0.2, 0.25) is 0 Å². The van der Waals surface area contributed by atoms with Crippen LogP contribution in [0.15, 0.2) is 24.3 Å². The van der Waals surface area contributed by atoms with E-state index < -0.39 is 0 Å². The van der Waals surface area contributed by atoms with Crippen molar-refractivity contribution in [3.05, 3.63) is 35.4 Å². The van der Waals surface area contributed by atoms with E-state index >= 15 is 0 Å². The van der Waals surface area contributed by atoms with Crippen molar-refractivity contribution in [2.24, 2.45) is 0 Å². The number of carbonyl (C=O) groups is 1. The zero-order valence-corrected chi connectivity index (χ0v) is 11.7. The molecule has 0 unspecified atom stereocenters. The molecule has 3 heteroatoms. The van der Waals surface area contributed by atoms with Crippen LogP contribution in [-0.2, 0) is 6.42 Å². The number of carbonyl (C=O) groups excluding carboxylic acids is 1. The fraction of sp³-hybridized carbons (Fsp3) is 0.533. The molecule has 0 radical (unpaired) electrons. The molecule has 1 rings (SSSR count). The van der Waals surface area contributed by atoms with Gasteiger partial charge in [0.25, 0.3) is 5.91 Å². The van der Waals surface area contributed by atoms with Crippen LogP contribution in [0.4, 0.5) is 0 Å². The van der Waals surface area contributed by atoms with Crippen molar-refractivity contribution >= 4 is 5.91 Å². The fourth-order valence-corrected chi connectivity index (χ4v) is 1.86. The molecule has 0 heterocycles. The van der Waals surface area contributed by atoms with Crippen molar-refractivity contribution in [1.29, 1.82) is 0 Å². The van der Waals surface area contributed by atoms with E-state index in [0.29, 0.717) is 6.54 Å². The second-order valence-corrected chi connectivity index (χ2v) is 4.33. The molecule has 3 nitrogen and oxygen atoms in total. The Bertz CT molecular complexity index is 365.